The molecule has 0 atom stereocenters. The quantitative estimate of drug-likeness (QED) is 0.254. The van der Waals surface area contributed by atoms with Gasteiger partial charge in [0, 0.05) is 40.8 Å². The lowest BCUT2D eigenvalue weighted by molar-refractivity contribution is -0.133. The highest BCUT2D eigenvalue weighted by Gasteiger charge is 2.42. The highest BCUT2D eigenvalue weighted by molar-refractivity contribution is 8.24. The van der Waals surface area contributed by atoms with E-state index in [1.165, 1.54) is 23.9 Å². The summed E-state index contributed by atoms with van der Waals surface area (Å²) < 4.78 is 42.8. The minimum atomic E-state index is -3.18. The van der Waals surface area contributed by atoms with Gasteiger partial charge in [0.25, 0.3) is 0 Å². The summed E-state index contributed by atoms with van der Waals surface area (Å²) in [6.45, 7) is 4.86. The standard InChI is InChI=1S/C27H38FNO5S2/c1-4-6-12-27(13-7-5-2)18-29(22-10-8-21(28)9-11-22)23-15-24(34-3)20(16-35-17-26(30)31)14-25(23)36(32,33)19-27/h8-11,14-15,32-33H,4-7,12-13,16-19H2,1-3H3,(H,30,31). The molecule has 36 heavy (non-hydrogen) atoms. The molecule has 2 aromatic rings. The van der Waals surface area contributed by atoms with E-state index < -0.39 is 16.6 Å². The first-order chi connectivity index (χ1) is 17.1. The average molecular weight is 540 g/mol. The average Bonchev–Trinajstić information content (AvgIpc) is 2.93. The molecule has 2 aromatic carbocycles. The molecule has 0 saturated heterocycles. The number of fused-ring (bicyclic) bond motifs is 1. The second kappa shape index (κ2) is 12.5. The number of hydrogen-bond acceptors (Lipinski definition) is 6. The van der Waals surface area contributed by atoms with Crippen LogP contribution < -0.4 is 9.64 Å². The van der Waals surface area contributed by atoms with Crippen molar-refractivity contribution in [1.29, 1.82) is 0 Å². The first-order valence-corrected chi connectivity index (χ1v) is 15.3. The predicted octanol–water partition coefficient (Wildman–Crippen LogP) is 7.78. The van der Waals surface area contributed by atoms with Crippen LogP contribution in [0.5, 0.6) is 5.75 Å². The summed E-state index contributed by atoms with van der Waals surface area (Å²) in [7, 11) is -1.63. The molecule has 0 unspecified atom stereocenters. The lowest BCUT2D eigenvalue weighted by Crippen LogP contribution is -2.37. The number of nitrogens with zero attached hydrogens (tertiary/aromatic N) is 1. The Morgan fingerprint density at radius 3 is 2.33 bits per heavy atom. The number of carbonyl (C=O) groups is 1. The number of hydrogen-bond donors (Lipinski definition) is 3. The molecule has 0 bridgehead atoms. The maximum Gasteiger partial charge on any atom is 0.313 e. The predicted molar refractivity (Wildman–Crippen MR) is 148 cm³/mol. The second-order valence-corrected chi connectivity index (χ2v) is 12.6. The van der Waals surface area contributed by atoms with Gasteiger partial charge in [0.15, 0.2) is 0 Å². The van der Waals surface area contributed by atoms with E-state index in [1.807, 2.05) is 6.07 Å². The number of halogens is 1. The van der Waals surface area contributed by atoms with E-state index >= 15 is 0 Å². The van der Waals surface area contributed by atoms with Crippen LogP contribution in [-0.4, -0.2) is 45.3 Å². The molecule has 200 valence electrons. The molecule has 0 aliphatic carbocycles. The fourth-order valence-electron chi connectivity index (χ4n) is 4.97. The van der Waals surface area contributed by atoms with Gasteiger partial charge < -0.3 is 14.7 Å². The van der Waals surface area contributed by atoms with Crippen LogP contribution in [0.2, 0.25) is 0 Å². The Morgan fingerprint density at radius 2 is 1.78 bits per heavy atom. The Balaban J connectivity index is 2.18. The lowest BCUT2D eigenvalue weighted by Gasteiger charge is -2.42. The van der Waals surface area contributed by atoms with Crippen molar-refractivity contribution in [3.05, 3.63) is 47.8 Å². The van der Waals surface area contributed by atoms with Gasteiger partial charge in [-0.05, 0) is 43.2 Å². The monoisotopic (exact) mass is 539 g/mol. The number of unbranched alkanes of at least 4 members (excludes halogenated alkanes) is 2. The van der Waals surface area contributed by atoms with Crippen LogP contribution in [-0.2, 0) is 10.5 Å². The van der Waals surface area contributed by atoms with Gasteiger partial charge in [0.05, 0.1) is 23.4 Å². The van der Waals surface area contributed by atoms with Crippen LogP contribution >= 0.6 is 22.4 Å². The Kier molecular flexibility index (Phi) is 9.97. The molecule has 1 heterocycles. The van der Waals surface area contributed by atoms with Crippen molar-refractivity contribution in [3.63, 3.8) is 0 Å². The Hall–Kier alpha value is -1.94. The minimum absolute atomic E-state index is 0.0602. The second-order valence-electron chi connectivity index (χ2n) is 9.60. The van der Waals surface area contributed by atoms with Crippen LogP contribution in [0.25, 0.3) is 0 Å². The molecule has 0 radical (unpaired) electrons. The van der Waals surface area contributed by atoms with Crippen molar-refractivity contribution in [2.45, 2.75) is 63.0 Å². The van der Waals surface area contributed by atoms with Gasteiger partial charge in [-0.15, -0.1) is 11.8 Å². The summed E-state index contributed by atoms with van der Waals surface area (Å²) in [6, 6.07) is 9.88. The van der Waals surface area contributed by atoms with E-state index in [0.29, 0.717) is 28.6 Å². The molecule has 9 heteroatoms. The molecule has 0 saturated carbocycles. The molecule has 0 amide bonds. The van der Waals surface area contributed by atoms with Crippen LogP contribution in [0.4, 0.5) is 15.8 Å². The zero-order valence-electron chi connectivity index (χ0n) is 21.3. The zero-order valence-corrected chi connectivity index (χ0v) is 23.0. The fraction of sp³-hybridized carbons (Fsp3) is 0.519. The number of ether oxygens (including phenoxy) is 1. The number of thioether (sulfide) groups is 1. The molecule has 0 spiro atoms. The third-order valence-corrected chi connectivity index (χ3v) is 9.76. The van der Waals surface area contributed by atoms with Crippen LogP contribution in [0.1, 0.15) is 57.9 Å². The third-order valence-electron chi connectivity index (χ3n) is 6.75. The third kappa shape index (κ3) is 6.88. The van der Waals surface area contributed by atoms with Crippen molar-refractivity contribution < 1.29 is 28.1 Å². The number of carboxylic acid groups (broad SMARTS) is 1. The van der Waals surface area contributed by atoms with E-state index in [9.17, 15) is 18.3 Å². The van der Waals surface area contributed by atoms with Gasteiger partial charge in [-0.1, -0.05) is 39.5 Å². The summed E-state index contributed by atoms with van der Waals surface area (Å²) in [6.07, 6.45) is 5.71. The lowest BCUT2D eigenvalue weighted by atomic mass is 9.79. The molecule has 0 fully saturated rings. The Bertz CT molecular complexity index is 1020. The highest BCUT2D eigenvalue weighted by Crippen LogP contribution is 2.61. The van der Waals surface area contributed by atoms with Gasteiger partial charge in [-0.3, -0.25) is 13.9 Å². The summed E-state index contributed by atoms with van der Waals surface area (Å²) in [5.41, 5.74) is 1.81. The van der Waals surface area contributed by atoms with Gasteiger partial charge in [0.2, 0.25) is 0 Å². The van der Waals surface area contributed by atoms with Gasteiger partial charge in [-0.25, -0.2) is 4.39 Å². The van der Waals surface area contributed by atoms with E-state index in [4.69, 9.17) is 9.84 Å². The normalized spacial score (nSPS) is 17.2. The van der Waals surface area contributed by atoms with E-state index in [2.05, 4.69) is 18.7 Å². The largest absolute Gasteiger partial charge is 0.496 e. The first kappa shape index (κ1) is 28.6. The van der Waals surface area contributed by atoms with Gasteiger partial charge in [0.1, 0.15) is 11.6 Å². The molecule has 3 N–H and O–H groups in total. The van der Waals surface area contributed by atoms with Crippen LogP contribution in [0, 0.1) is 11.2 Å². The van der Waals surface area contributed by atoms with Crippen molar-refractivity contribution in [1.82, 2.24) is 0 Å². The zero-order chi connectivity index (χ0) is 26.3. The topological polar surface area (TPSA) is 90.2 Å². The molecule has 0 aromatic heterocycles. The van der Waals surface area contributed by atoms with Crippen molar-refractivity contribution in [2.75, 3.05) is 30.1 Å². The SMILES string of the molecule is CCCCC1(CCCC)CN(c2ccc(F)cc2)c2cc(OC)c(CSCC(=O)O)cc2S(O)(O)C1. The number of anilines is 2. The molecule has 6 nitrogen and oxygen atoms in total. The molecular weight excluding hydrogens is 501 g/mol. The molecule has 3 rings (SSSR count). The van der Waals surface area contributed by atoms with E-state index in [-0.39, 0.29) is 22.7 Å². The number of aliphatic carboxylic acids is 1. The summed E-state index contributed by atoms with van der Waals surface area (Å²) in [5, 5.41) is 9.05. The summed E-state index contributed by atoms with van der Waals surface area (Å²) in [4.78, 5) is 13.6. The Morgan fingerprint density at radius 1 is 1.14 bits per heavy atom. The number of rotatable bonds is 12. The smallest absolute Gasteiger partial charge is 0.313 e. The summed E-state index contributed by atoms with van der Waals surface area (Å²) >= 11 is 1.23. The van der Waals surface area contributed by atoms with Gasteiger partial charge in [-0.2, -0.15) is 10.6 Å². The van der Waals surface area contributed by atoms with E-state index in [1.54, 1.807) is 25.3 Å². The Labute approximate surface area is 219 Å². The first-order valence-electron chi connectivity index (χ1n) is 12.4. The maximum atomic E-state index is 13.8. The number of methoxy groups -OCH3 is 1. The molecule has 1 aliphatic rings. The molecular formula is C27H38FNO5S2. The van der Waals surface area contributed by atoms with Crippen molar-refractivity contribution >= 4 is 39.7 Å². The van der Waals surface area contributed by atoms with Gasteiger partial charge >= 0.3 is 5.97 Å². The fourth-order valence-corrected chi connectivity index (χ4v) is 7.92. The highest BCUT2D eigenvalue weighted by atomic mass is 32.3. The van der Waals surface area contributed by atoms with Crippen LogP contribution in [0.3, 0.4) is 0 Å². The minimum Gasteiger partial charge on any atom is -0.496 e. The van der Waals surface area contributed by atoms with Crippen molar-refractivity contribution in [3.8, 4) is 5.75 Å². The number of benzene rings is 2. The number of carboxylic acids is 1. The molecule has 1 aliphatic heterocycles. The van der Waals surface area contributed by atoms with Crippen LogP contribution in [0.15, 0.2) is 41.3 Å². The van der Waals surface area contributed by atoms with Crippen molar-refractivity contribution in [2.24, 2.45) is 5.41 Å². The van der Waals surface area contributed by atoms with E-state index in [0.717, 1.165) is 49.8 Å². The summed E-state index contributed by atoms with van der Waals surface area (Å²) in [5.74, 6) is -0.106. The maximum absolute atomic E-state index is 13.8.